The summed E-state index contributed by atoms with van der Waals surface area (Å²) in [6, 6.07) is 0. The Bertz CT molecular complexity index is 181. The fourth-order valence-electron chi connectivity index (χ4n) is 1.47. The van der Waals surface area contributed by atoms with Crippen LogP contribution in [-0.2, 0) is 4.74 Å². The fourth-order valence-corrected chi connectivity index (χ4v) is 3.14. The Morgan fingerprint density at radius 2 is 1.79 bits per heavy atom. The van der Waals surface area contributed by atoms with E-state index in [-0.39, 0.29) is 0 Å². The minimum Gasteiger partial charge on any atom is -0.377 e. The minimum atomic E-state index is -4.30. The molecule has 0 N–H and O–H groups in total. The third kappa shape index (κ3) is 3.35. The molecule has 1 nitrogen and oxygen atoms in total. The zero-order valence-corrected chi connectivity index (χ0v) is 11.7. The van der Waals surface area contributed by atoms with Gasteiger partial charge in [0.1, 0.15) is 8.06 Å². The van der Waals surface area contributed by atoms with Crippen molar-refractivity contribution < 1.29 is 17.9 Å². The summed E-state index contributed by atoms with van der Waals surface area (Å²) in [5, 5.41) is 0. The molecule has 1 fully saturated rings. The maximum Gasteiger partial charge on any atom is 0.397 e. The lowest BCUT2D eigenvalue weighted by Crippen LogP contribution is -2.42. The Hall–Kier alpha value is 1.19. The van der Waals surface area contributed by atoms with E-state index >= 15 is 0 Å². The molecule has 0 saturated carbocycles. The quantitative estimate of drug-likeness (QED) is 0.596. The molecule has 1 aliphatic rings. The highest BCUT2D eigenvalue weighted by atomic mass is 80.0. The van der Waals surface area contributed by atoms with E-state index in [1.165, 1.54) is 0 Å². The topological polar surface area (TPSA) is 9.23 Å². The van der Waals surface area contributed by atoms with Crippen molar-refractivity contribution >= 4 is 47.8 Å². The van der Waals surface area contributed by atoms with E-state index in [1.54, 1.807) is 0 Å². The van der Waals surface area contributed by atoms with E-state index in [4.69, 9.17) is 4.74 Å². The van der Waals surface area contributed by atoms with Crippen molar-refractivity contribution in [3.05, 3.63) is 0 Å². The largest absolute Gasteiger partial charge is 0.397 e. The summed E-state index contributed by atoms with van der Waals surface area (Å²) in [7, 11) is 0. The van der Waals surface area contributed by atoms with Crippen molar-refractivity contribution in [2.75, 3.05) is 6.61 Å². The van der Waals surface area contributed by atoms with Crippen LogP contribution in [0, 0.1) is 5.92 Å². The van der Waals surface area contributed by atoms with Gasteiger partial charge in [-0.2, -0.15) is 13.2 Å². The molecular weight excluding hydrogens is 397 g/mol. The van der Waals surface area contributed by atoms with Gasteiger partial charge in [-0.15, -0.1) is 0 Å². The Morgan fingerprint density at radius 1 is 1.21 bits per heavy atom. The van der Waals surface area contributed by atoms with E-state index in [0.717, 1.165) is 0 Å². The second kappa shape index (κ2) is 4.59. The molecule has 84 valence electrons. The van der Waals surface area contributed by atoms with Crippen LogP contribution < -0.4 is 0 Å². The van der Waals surface area contributed by atoms with Crippen LogP contribution in [0.15, 0.2) is 0 Å². The van der Waals surface area contributed by atoms with Gasteiger partial charge in [0.05, 0.1) is 6.10 Å². The Morgan fingerprint density at radius 3 is 2.07 bits per heavy atom. The van der Waals surface area contributed by atoms with Crippen molar-refractivity contribution in [1.82, 2.24) is 0 Å². The summed E-state index contributed by atoms with van der Waals surface area (Å²) in [6.45, 7) is 0.403. The average Bonchev–Trinajstić information content (AvgIpc) is 2.31. The van der Waals surface area contributed by atoms with E-state index in [1.807, 2.05) is 0 Å². The number of rotatable bonds is 1. The van der Waals surface area contributed by atoms with Crippen LogP contribution in [0.2, 0.25) is 0 Å². The fraction of sp³-hybridized carbons (Fsp3) is 1.00. The highest BCUT2D eigenvalue weighted by molar-refractivity contribution is 9.39. The average molecular weight is 405 g/mol. The molecule has 1 rings (SSSR count). The van der Waals surface area contributed by atoms with Crippen molar-refractivity contribution in [2.45, 2.75) is 27.3 Å². The van der Waals surface area contributed by atoms with Crippen molar-refractivity contribution in [3.63, 3.8) is 0 Å². The second-order valence-corrected chi connectivity index (χ2v) is 10.1. The summed E-state index contributed by atoms with van der Waals surface area (Å²) in [5.41, 5.74) is 0. The van der Waals surface area contributed by atoms with Gasteiger partial charge in [-0.25, -0.2) is 0 Å². The SMILES string of the molecule is FC(F)(F)C(C1CCCO1)C(Br)(Br)Br. The standard InChI is InChI=1S/C7H8Br3F3O/c8-6(9,10)5(7(11,12)13)4-2-1-3-14-4/h4-5H,1-3H2. The number of halogens is 6. The Balaban J connectivity index is 2.82. The maximum atomic E-state index is 12.7. The lowest BCUT2D eigenvalue weighted by atomic mass is 10.0. The van der Waals surface area contributed by atoms with Gasteiger partial charge >= 0.3 is 6.18 Å². The van der Waals surface area contributed by atoms with Crippen LogP contribution in [-0.4, -0.2) is 21.0 Å². The predicted octanol–water partition coefficient (Wildman–Crippen LogP) is 4.18. The van der Waals surface area contributed by atoms with E-state index in [2.05, 4.69) is 47.8 Å². The smallest absolute Gasteiger partial charge is 0.377 e. The van der Waals surface area contributed by atoms with Gasteiger partial charge in [0, 0.05) is 6.61 Å². The number of hydrogen-bond donors (Lipinski definition) is 0. The molecule has 0 spiro atoms. The molecule has 14 heavy (non-hydrogen) atoms. The molecule has 1 saturated heterocycles. The van der Waals surface area contributed by atoms with E-state index in [0.29, 0.717) is 19.4 Å². The van der Waals surface area contributed by atoms with Gasteiger partial charge in [0.2, 0.25) is 0 Å². The molecule has 1 heterocycles. The Labute approximate surface area is 105 Å². The third-order valence-electron chi connectivity index (χ3n) is 2.04. The summed E-state index contributed by atoms with van der Waals surface area (Å²) in [4.78, 5) is 0. The molecule has 0 aromatic rings. The van der Waals surface area contributed by atoms with Gasteiger partial charge in [0.15, 0.2) is 0 Å². The third-order valence-corrected chi connectivity index (χ3v) is 3.52. The highest BCUT2D eigenvalue weighted by Gasteiger charge is 2.55. The lowest BCUT2D eigenvalue weighted by molar-refractivity contribution is -0.196. The maximum absolute atomic E-state index is 12.7. The molecule has 0 aromatic heterocycles. The Kier molecular flexibility index (Phi) is 4.35. The van der Waals surface area contributed by atoms with Gasteiger partial charge in [0.25, 0.3) is 0 Å². The zero-order valence-electron chi connectivity index (χ0n) is 6.95. The van der Waals surface area contributed by atoms with Crippen molar-refractivity contribution in [1.29, 1.82) is 0 Å². The first-order chi connectivity index (χ1) is 6.23. The highest BCUT2D eigenvalue weighted by Crippen LogP contribution is 2.52. The summed E-state index contributed by atoms with van der Waals surface area (Å²) < 4.78 is 41.8. The van der Waals surface area contributed by atoms with E-state index in [9.17, 15) is 13.2 Å². The molecule has 2 unspecified atom stereocenters. The first-order valence-electron chi connectivity index (χ1n) is 3.98. The van der Waals surface area contributed by atoms with Gasteiger partial charge < -0.3 is 4.74 Å². The monoisotopic (exact) mass is 402 g/mol. The van der Waals surface area contributed by atoms with Crippen molar-refractivity contribution in [2.24, 2.45) is 5.92 Å². The molecule has 0 aliphatic carbocycles. The van der Waals surface area contributed by atoms with E-state index < -0.39 is 20.3 Å². The number of ether oxygens (including phenoxy) is 1. The van der Waals surface area contributed by atoms with Gasteiger partial charge in [-0.3, -0.25) is 0 Å². The number of alkyl halides is 6. The van der Waals surface area contributed by atoms with Crippen molar-refractivity contribution in [3.8, 4) is 0 Å². The van der Waals surface area contributed by atoms with Gasteiger partial charge in [-0.1, -0.05) is 47.8 Å². The molecule has 0 radical (unpaired) electrons. The summed E-state index contributed by atoms with van der Waals surface area (Å²) in [6.07, 6.45) is -3.96. The van der Waals surface area contributed by atoms with Crippen LogP contribution in [0.3, 0.4) is 0 Å². The van der Waals surface area contributed by atoms with Crippen LogP contribution in [0.25, 0.3) is 0 Å². The molecule has 0 amide bonds. The van der Waals surface area contributed by atoms with Crippen LogP contribution >= 0.6 is 47.8 Å². The van der Waals surface area contributed by atoms with Crippen LogP contribution in [0.4, 0.5) is 13.2 Å². The molecule has 7 heteroatoms. The minimum absolute atomic E-state index is 0.403. The number of hydrogen-bond acceptors (Lipinski definition) is 1. The second-order valence-electron chi connectivity index (χ2n) is 3.11. The predicted molar refractivity (Wildman–Crippen MR) is 58.0 cm³/mol. The first-order valence-corrected chi connectivity index (χ1v) is 6.36. The van der Waals surface area contributed by atoms with Crippen LogP contribution in [0.1, 0.15) is 12.8 Å². The van der Waals surface area contributed by atoms with Gasteiger partial charge in [-0.05, 0) is 12.8 Å². The lowest BCUT2D eigenvalue weighted by Gasteiger charge is -2.31. The molecule has 2 atom stereocenters. The summed E-state index contributed by atoms with van der Waals surface area (Å²) in [5.74, 6) is -1.60. The molecular formula is C7H8Br3F3O. The molecule has 0 aromatic carbocycles. The molecule has 1 aliphatic heterocycles. The zero-order chi connectivity index (χ0) is 11.0. The first kappa shape index (κ1) is 13.3. The van der Waals surface area contributed by atoms with Crippen LogP contribution in [0.5, 0.6) is 0 Å². The normalized spacial score (nSPS) is 26.6. The summed E-state index contributed by atoms with van der Waals surface area (Å²) >= 11 is 8.77. The molecule has 0 bridgehead atoms.